The molecule has 0 radical (unpaired) electrons. The third kappa shape index (κ3) is 98.3. The topological polar surface area (TPSA) is 126 Å². The number of rotatable bonds is 0. The second-order valence-electron chi connectivity index (χ2n) is 0.500. The van der Waals surface area contributed by atoms with Gasteiger partial charge in [0.25, 0.3) is 0 Å². The van der Waals surface area contributed by atoms with Gasteiger partial charge in [-0.25, -0.2) is 0 Å². The van der Waals surface area contributed by atoms with E-state index in [9.17, 15) is 0 Å². The van der Waals surface area contributed by atoms with E-state index < -0.39 is 37.2 Å². The molecule has 0 amide bonds. The quantitative estimate of drug-likeness (QED) is 0.333. The van der Waals surface area contributed by atoms with Crippen molar-refractivity contribution < 1.29 is 61.5 Å². The van der Waals surface area contributed by atoms with E-state index in [4.69, 9.17) is 21.4 Å². The van der Waals surface area contributed by atoms with E-state index in [0.717, 1.165) is 0 Å². The average Bonchev–Trinajstić information content (AvgIpc) is 1.25. The first-order valence-electron chi connectivity index (χ1n) is 1.22. The van der Waals surface area contributed by atoms with Crippen LogP contribution in [-0.2, 0) is 43.9 Å². The van der Waals surface area contributed by atoms with E-state index in [1.807, 2.05) is 0 Å². The summed E-state index contributed by atoms with van der Waals surface area (Å²) in [5.74, 6) is 0. The molecule has 0 aromatic rings. The summed E-state index contributed by atoms with van der Waals surface area (Å²) in [4.78, 5) is 0. The van der Waals surface area contributed by atoms with Gasteiger partial charge in [-0.3, -0.25) is 0 Å². The van der Waals surface area contributed by atoms with Crippen LogP contribution in [0.4, 0.5) is 0 Å². The third-order valence-electron chi connectivity index (χ3n) is 0. The van der Waals surface area contributed by atoms with Gasteiger partial charge in [0.2, 0.25) is 0 Å². The van der Waals surface area contributed by atoms with Gasteiger partial charge in [-0.1, -0.05) is 0 Å². The van der Waals surface area contributed by atoms with Crippen LogP contribution in [0.15, 0.2) is 0 Å². The maximum Gasteiger partial charge on any atom is 2.00 e. The summed E-state index contributed by atoms with van der Waals surface area (Å²) in [7, 11) is 0. The summed E-state index contributed by atoms with van der Waals surface area (Å²) >= 11 is -8.17. The monoisotopic (exact) mass is 460 g/mol. The van der Waals surface area contributed by atoms with Crippen LogP contribution in [0.1, 0.15) is 2.85 Å². The first-order chi connectivity index (χ1) is 3.46. The van der Waals surface area contributed by atoms with Gasteiger partial charge in [0.15, 0.2) is 0 Å². The molecule has 0 aliphatic carbocycles. The Morgan fingerprint density at radius 1 is 0.909 bits per heavy atom. The second-order valence-corrected chi connectivity index (χ2v) is 2.06. The van der Waals surface area contributed by atoms with Gasteiger partial charge in [0.05, 0.1) is 0 Å². The Bertz CT molecular complexity index is 86.6. The molecule has 0 aliphatic rings. The van der Waals surface area contributed by atoms with Crippen LogP contribution in [-0.4, -0.2) is 132 Å². The first kappa shape index (κ1) is 29.8. The Labute approximate surface area is 188 Å². The molecular formula is H2BaCaO6SrTi2. The van der Waals surface area contributed by atoms with Gasteiger partial charge in [-0.15, -0.1) is 0 Å². The molecule has 0 saturated carbocycles. The summed E-state index contributed by atoms with van der Waals surface area (Å²) in [6.45, 7) is 0. The number of hydrogen-bond donors (Lipinski definition) is 0. The van der Waals surface area contributed by atoms with Crippen molar-refractivity contribution in [1.82, 2.24) is 0 Å². The summed E-state index contributed by atoms with van der Waals surface area (Å²) in [6.07, 6.45) is 0. The minimum Gasteiger partial charge on any atom is 2.00 e. The zero-order valence-corrected chi connectivity index (χ0v) is 18.8. The number of hydrogen-bond acceptors (Lipinski definition) is 6. The predicted molar refractivity (Wildman–Crippen MR) is 20.9 cm³/mol. The molecule has 11 heteroatoms. The van der Waals surface area contributed by atoms with E-state index in [0.29, 0.717) is 0 Å². The normalized spacial score (nSPS) is 4.73. The van der Waals surface area contributed by atoms with Crippen LogP contribution in [0.5, 0.6) is 0 Å². The van der Waals surface area contributed by atoms with Crippen molar-refractivity contribution in [2.75, 3.05) is 0 Å². The molecular weight excluding hydrogens is 457 g/mol. The molecule has 52 valence electrons. The minimum absolute atomic E-state index is 0. The van der Waals surface area contributed by atoms with Gasteiger partial charge in [0.1, 0.15) is 0 Å². The fourth-order valence-electron chi connectivity index (χ4n) is 0. The molecule has 0 aromatic carbocycles. The van der Waals surface area contributed by atoms with E-state index in [2.05, 4.69) is 0 Å². The molecule has 0 rings (SSSR count). The zero-order chi connectivity index (χ0) is 7.15. The van der Waals surface area contributed by atoms with Gasteiger partial charge in [-0.2, -0.15) is 0 Å². The largest absolute Gasteiger partial charge is 2.00 e. The summed E-state index contributed by atoms with van der Waals surface area (Å²) < 4.78 is 51.5. The van der Waals surface area contributed by atoms with Crippen LogP contribution >= 0.6 is 0 Å². The smallest absolute Gasteiger partial charge is 2.00 e. The van der Waals surface area contributed by atoms with Crippen LogP contribution in [0.25, 0.3) is 0 Å². The van der Waals surface area contributed by atoms with E-state index in [-0.39, 0.29) is 135 Å². The molecule has 0 atom stereocenters. The Morgan fingerprint density at radius 2 is 0.909 bits per heavy atom. The molecule has 11 heavy (non-hydrogen) atoms. The minimum atomic E-state index is -4.08. The van der Waals surface area contributed by atoms with Gasteiger partial charge in [0, 0.05) is 0 Å². The predicted octanol–water partition coefficient (Wildman–Crippen LogP) is -5.92. The van der Waals surface area contributed by atoms with Gasteiger partial charge in [-0.05, 0) is 0 Å². The van der Waals surface area contributed by atoms with Crippen molar-refractivity contribution in [3.8, 4) is 0 Å². The SMILES string of the molecule is [Ba+2].[Ca+2].[H-].[H-].[O]=[Ti]([O-])[O-].[O]=[Ti]([O-])[O-].[Sr+2]. The summed E-state index contributed by atoms with van der Waals surface area (Å²) in [6, 6.07) is 0. The van der Waals surface area contributed by atoms with E-state index in [1.54, 1.807) is 0 Å². The maximum absolute atomic E-state index is 8.58. The molecule has 0 unspecified atom stereocenters. The Balaban J connectivity index is -0.00000000800. The van der Waals surface area contributed by atoms with Crippen LogP contribution in [0.2, 0.25) is 0 Å². The van der Waals surface area contributed by atoms with Crippen LogP contribution in [0, 0.1) is 0 Å². The fourth-order valence-corrected chi connectivity index (χ4v) is 0. The Kier molecular flexibility index (Phi) is 66.2. The van der Waals surface area contributed by atoms with Crippen molar-refractivity contribution in [3.63, 3.8) is 0 Å². The van der Waals surface area contributed by atoms with E-state index in [1.165, 1.54) is 0 Å². The third-order valence-corrected chi connectivity index (χ3v) is 0. The molecule has 0 saturated heterocycles. The standard InChI is InChI=1S/Ba.Ca.6O.Sr.2Ti.2H/q2*+2;;;4*-1;+2;;;2*-1. The van der Waals surface area contributed by atoms with E-state index >= 15 is 0 Å². The maximum atomic E-state index is 8.58. The zero-order valence-electron chi connectivity index (χ0n) is 7.57. The van der Waals surface area contributed by atoms with Gasteiger partial charge >= 0.3 is 191 Å². The summed E-state index contributed by atoms with van der Waals surface area (Å²) in [5, 5.41) is 0. The molecule has 0 aliphatic heterocycles. The molecule has 0 spiro atoms. The van der Waals surface area contributed by atoms with Crippen molar-refractivity contribution in [1.29, 1.82) is 0 Å². The molecule has 0 bridgehead atoms. The first-order valence-corrected chi connectivity index (χ1v) is 5.05. The van der Waals surface area contributed by atoms with Crippen LogP contribution in [0.3, 0.4) is 0 Å². The summed E-state index contributed by atoms with van der Waals surface area (Å²) in [5.41, 5.74) is 0. The van der Waals surface area contributed by atoms with Crippen molar-refractivity contribution >= 4 is 132 Å². The van der Waals surface area contributed by atoms with Crippen molar-refractivity contribution in [3.05, 3.63) is 0 Å². The van der Waals surface area contributed by atoms with Crippen molar-refractivity contribution in [2.45, 2.75) is 0 Å². The fraction of sp³-hybridized carbons (Fsp3) is 0. The Hall–Kier alpha value is 5.18. The molecule has 0 aromatic heterocycles. The molecule has 0 heterocycles. The second kappa shape index (κ2) is 24.4. The average molecular weight is 459 g/mol. The molecule has 0 fully saturated rings. The van der Waals surface area contributed by atoms with Gasteiger partial charge < -0.3 is 2.85 Å². The molecule has 6 nitrogen and oxygen atoms in total. The molecule has 0 N–H and O–H groups in total. The van der Waals surface area contributed by atoms with Crippen LogP contribution < -0.4 is 14.8 Å². The van der Waals surface area contributed by atoms with Crippen molar-refractivity contribution in [2.24, 2.45) is 0 Å². The Morgan fingerprint density at radius 3 is 0.909 bits per heavy atom.